The van der Waals surface area contributed by atoms with Gasteiger partial charge in [0.25, 0.3) is 5.91 Å². The van der Waals surface area contributed by atoms with Crippen molar-refractivity contribution in [2.24, 2.45) is 0 Å². The monoisotopic (exact) mass is 407 g/mol. The molecule has 3 rings (SSSR count). The van der Waals surface area contributed by atoms with Gasteiger partial charge in [-0.1, -0.05) is 24.3 Å². The molecule has 1 aromatic heterocycles. The molecule has 1 heterocycles. The Kier molecular flexibility index (Phi) is 4.44. The molecule has 0 aliphatic carbocycles. The quantitative estimate of drug-likeness (QED) is 0.651. The largest absolute Gasteiger partial charge is 0.451 e. The Balaban J connectivity index is 1.98. The van der Waals surface area contributed by atoms with Gasteiger partial charge in [-0.25, -0.2) is 0 Å². The summed E-state index contributed by atoms with van der Waals surface area (Å²) in [7, 11) is 1.60. The van der Waals surface area contributed by atoms with Crippen molar-refractivity contribution in [2.45, 2.75) is 6.61 Å². The fourth-order valence-electron chi connectivity index (χ4n) is 2.32. The number of hydrogen-bond acceptors (Lipinski definition) is 3. The molecule has 0 aliphatic rings. The normalized spacial score (nSPS) is 10.8. The van der Waals surface area contributed by atoms with Crippen LogP contribution in [-0.2, 0) is 11.3 Å². The first-order valence-corrected chi connectivity index (χ1v) is 7.83. The molecule has 0 unspecified atom stereocenters. The third kappa shape index (κ3) is 3.00. The maximum absolute atomic E-state index is 12.5. The summed E-state index contributed by atoms with van der Waals surface area (Å²) in [4.78, 5) is 12.5. The summed E-state index contributed by atoms with van der Waals surface area (Å²) in [6, 6.07) is 15.2. The summed E-state index contributed by atoms with van der Waals surface area (Å²) < 4.78 is 12.0. The lowest BCUT2D eigenvalue weighted by Gasteiger charge is -2.05. The molecule has 5 heteroatoms. The summed E-state index contributed by atoms with van der Waals surface area (Å²) in [5.41, 5.74) is 2.18. The van der Waals surface area contributed by atoms with Gasteiger partial charge in [-0.15, -0.1) is 0 Å². The molecule has 3 aromatic rings. The molecule has 0 saturated heterocycles. The summed E-state index contributed by atoms with van der Waals surface area (Å²) in [5, 5.41) is 3.77. The number of para-hydroxylation sites is 1. The minimum Gasteiger partial charge on any atom is -0.451 e. The van der Waals surface area contributed by atoms with Gasteiger partial charge in [0.15, 0.2) is 5.76 Å². The van der Waals surface area contributed by atoms with Crippen LogP contribution in [0.3, 0.4) is 0 Å². The second kappa shape index (κ2) is 6.50. The lowest BCUT2D eigenvalue weighted by atomic mass is 10.1. The number of benzene rings is 2. The van der Waals surface area contributed by atoms with E-state index in [2.05, 4.69) is 27.9 Å². The van der Waals surface area contributed by atoms with Crippen molar-refractivity contribution in [1.29, 1.82) is 0 Å². The number of furan rings is 1. The lowest BCUT2D eigenvalue weighted by molar-refractivity contribution is 0.0992. The van der Waals surface area contributed by atoms with Crippen molar-refractivity contribution < 1.29 is 13.9 Å². The average Bonchev–Trinajstić information content (AvgIpc) is 2.87. The number of carbonyl (C=O) groups is 1. The van der Waals surface area contributed by atoms with Crippen molar-refractivity contribution >= 4 is 45.2 Å². The zero-order chi connectivity index (χ0) is 15.5. The van der Waals surface area contributed by atoms with E-state index in [1.54, 1.807) is 7.11 Å². The molecule has 0 fully saturated rings. The third-order valence-electron chi connectivity index (χ3n) is 3.28. The Labute approximate surface area is 141 Å². The van der Waals surface area contributed by atoms with Gasteiger partial charge in [-0.2, -0.15) is 0 Å². The number of amides is 1. The smallest absolute Gasteiger partial charge is 0.291 e. The highest BCUT2D eigenvalue weighted by atomic mass is 127. The Morgan fingerprint density at radius 2 is 2.05 bits per heavy atom. The van der Waals surface area contributed by atoms with Gasteiger partial charge in [-0.3, -0.25) is 4.79 Å². The van der Waals surface area contributed by atoms with Crippen molar-refractivity contribution in [3.8, 4) is 0 Å². The molecule has 1 amide bonds. The van der Waals surface area contributed by atoms with Crippen LogP contribution in [0.2, 0.25) is 0 Å². The van der Waals surface area contributed by atoms with E-state index in [-0.39, 0.29) is 5.91 Å². The van der Waals surface area contributed by atoms with Crippen molar-refractivity contribution in [3.05, 3.63) is 63.4 Å². The van der Waals surface area contributed by atoms with Crippen LogP contribution in [0.25, 0.3) is 11.0 Å². The van der Waals surface area contributed by atoms with Crippen molar-refractivity contribution in [3.63, 3.8) is 0 Å². The van der Waals surface area contributed by atoms with E-state index in [0.717, 1.165) is 20.2 Å². The highest BCUT2D eigenvalue weighted by Gasteiger charge is 2.20. The van der Waals surface area contributed by atoms with E-state index in [9.17, 15) is 4.79 Å². The lowest BCUT2D eigenvalue weighted by Crippen LogP contribution is -2.13. The van der Waals surface area contributed by atoms with Crippen molar-refractivity contribution in [1.82, 2.24) is 0 Å². The molecular formula is C17H14INO3. The van der Waals surface area contributed by atoms with Crippen molar-refractivity contribution in [2.75, 3.05) is 12.4 Å². The van der Waals surface area contributed by atoms with E-state index >= 15 is 0 Å². The van der Waals surface area contributed by atoms with Crippen LogP contribution < -0.4 is 5.32 Å². The van der Waals surface area contributed by atoms with Gasteiger partial charge in [0, 0.05) is 27.3 Å². The van der Waals surface area contributed by atoms with Crippen LogP contribution in [0.4, 0.5) is 5.69 Å². The van der Waals surface area contributed by atoms with E-state index in [0.29, 0.717) is 18.0 Å². The first kappa shape index (κ1) is 15.1. The maximum Gasteiger partial charge on any atom is 0.291 e. The van der Waals surface area contributed by atoms with E-state index in [4.69, 9.17) is 9.15 Å². The first-order valence-electron chi connectivity index (χ1n) is 6.75. The van der Waals surface area contributed by atoms with Crippen LogP contribution in [-0.4, -0.2) is 13.0 Å². The molecule has 0 bridgehead atoms. The van der Waals surface area contributed by atoms with E-state index in [1.165, 1.54) is 0 Å². The molecule has 0 atom stereocenters. The molecule has 0 saturated carbocycles. The number of nitrogens with one attached hydrogen (secondary N) is 1. The van der Waals surface area contributed by atoms with Gasteiger partial charge in [-0.05, 0) is 46.9 Å². The number of ether oxygens (including phenoxy) is 1. The minimum atomic E-state index is -0.273. The van der Waals surface area contributed by atoms with Crippen LogP contribution in [0.5, 0.6) is 0 Å². The highest BCUT2D eigenvalue weighted by molar-refractivity contribution is 14.1. The minimum absolute atomic E-state index is 0.273. The standard InChI is InChI=1S/C17H14INO3/c1-21-10-14-13-7-2-3-8-15(13)22-16(14)17(20)19-12-6-4-5-11(18)9-12/h2-9H,10H2,1H3,(H,19,20). The molecule has 0 aliphatic heterocycles. The van der Waals surface area contributed by atoms with E-state index in [1.807, 2.05) is 48.5 Å². The average molecular weight is 407 g/mol. The number of hydrogen-bond donors (Lipinski definition) is 1. The topological polar surface area (TPSA) is 51.5 Å². The Bertz CT molecular complexity index is 826. The van der Waals surface area contributed by atoms with Gasteiger partial charge < -0.3 is 14.5 Å². The van der Waals surface area contributed by atoms with Crippen LogP contribution in [0.1, 0.15) is 16.1 Å². The first-order chi connectivity index (χ1) is 10.7. The number of rotatable bonds is 4. The predicted molar refractivity (Wildman–Crippen MR) is 94.0 cm³/mol. The molecular weight excluding hydrogens is 393 g/mol. The zero-order valence-electron chi connectivity index (χ0n) is 11.9. The number of methoxy groups -OCH3 is 1. The summed E-state index contributed by atoms with van der Waals surface area (Å²) in [6.07, 6.45) is 0. The molecule has 0 spiro atoms. The number of carbonyl (C=O) groups excluding carboxylic acids is 1. The molecule has 1 N–H and O–H groups in total. The fraction of sp³-hybridized carbons (Fsp3) is 0.118. The van der Waals surface area contributed by atoms with Crippen LogP contribution >= 0.6 is 22.6 Å². The summed E-state index contributed by atoms with van der Waals surface area (Å²) >= 11 is 2.20. The summed E-state index contributed by atoms with van der Waals surface area (Å²) in [5.74, 6) is 0.0205. The maximum atomic E-state index is 12.5. The molecule has 2 aromatic carbocycles. The fourth-order valence-corrected chi connectivity index (χ4v) is 2.87. The number of anilines is 1. The Hall–Kier alpha value is -1.86. The van der Waals surface area contributed by atoms with Gasteiger partial charge in [0.1, 0.15) is 5.58 Å². The Morgan fingerprint density at radius 3 is 2.82 bits per heavy atom. The molecule has 112 valence electrons. The van der Waals surface area contributed by atoms with Gasteiger partial charge >= 0.3 is 0 Å². The number of fused-ring (bicyclic) bond motifs is 1. The molecule has 22 heavy (non-hydrogen) atoms. The second-order valence-corrected chi connectivity index (χ2v) is 6.05. The van der Waals surface area contributed by atoms with Gasteiger partial charge in [0.2, 0.25) is 0 Å². The van der Waals surface area contributed by atoms with Gasteiger partial charge in [0.05, 0.1) is 6.61 Å². The predicted octanol–water partition coefficient (Wildman–Crippen LogP) is 4.44. The van der Waals surface area contributed by atoms with Crippen LogP contribution in [0.15, 0.2) is 52.9 Å². The van der Waals surface area contributed by atoms with E-state index < -0.39 is 0 Å². The second-order valence-electron chi connectivity index (χ2n) is 4.80. The zero-order valence-corrected chi connectivity index (χ0v) is 14.1. The third-order valence-corrected chi connectivity index (χ3v) is 3.95. The summed E-state index contributed by atoms with van der Waals surface area (Å²) in [6.45, 7) is 0.325. The number of halogens is 1. The Morgan fingerprint density at radius 1 is 1.23 bits per heavy atom. The highest BCUT2D eigenvalue weighted by Crippen LogP contribution is 2.27. The molecule has 0 radical (unpaired) electrons. The van der Waals surface area contributed by atoms with Crippen LogP contribution in [0, 0.1) is 3.57 Å². The SMILES string of the molecule is COCc1c(C(=O)Nc2cccc(I)c2)oc2ccccc12. The molecule has 4 nitrogen and oxygen atoms in total.